The van der Waals surface area contributed by atoms with Crippen LogP contribution in [0.25, 0.3) is 0 Å². The van der Waals surface area contributed by atoms with Crippen molar-refractivity contribution in [2.75, 3.05) is 13.2 Å². The Morgan fingerprint density at radius 3 is 2.50 bits per heavy atom. The molecule has 1 aliphatic carbocycles. The second-order valence-corrected chi connectivity index (χ2v) is 9.24. The maximum Gasteiger partial charge on any atom is 0.258 e. The summed E-state index contributed by atoms with van der Waals surface area (Å²) >= 11 is 5.63. The fourth-order valence-electron chi connectivity index (χ4n) is 4.83. The monoisotopic (exact) mass is 494 g/mol. The lowest BCUT2D eigenvalue weighted by Gasteiger charge is -2.33. The van der Waals surface area contributed by atoms with E-state index in [1.165, 1.54) is 18.2 Å². The third kappa shape index (κ3) is 5.66. The number of hydrogen-bond acceptors (Lipinski definition) is 3. The molecule has 0 spiro atoms. The van der Waals surface area contributed by atoms with Gasteiger partial charge in [-0.25, -0.2) is 13.2 Å². The van der Waals surface area contributed by atoms with Gasteiger partial charge in [0.15, 0.2) is 6.61 Å². The molecule has 1 saturated heterocycles. The van der Waals surface area contributed by atoms with E-state index in [-0.39, 0.29) is 46.7 Å². The zero-order chi connectivity index (χ0) is 24.2. The van der Waals surface area contributed by atoms with Crippen LogP contribution in [0.1, 0.15) is 50.1 Å². The van der Waals surface area contributed by atoms with E-state index >= 15 is 0 Å². The lowest BCUT2D eigenvalue weighted by molar-refractivity contribution is -0.137. The first-order valence-electron chi connectivity index (χ1n) is 11.4. The second-order valence-electron chi connectivity index (χ2n) is 8.84. The fraction of sp³-hybridized carbons (Fsp3) is 0.440. The highest BCUT2D eigenvalue weighted by Crippen LogP contribution is 2.37. The average Bonchev–Trinajstić information content (AvgIpc) is 3.31. The molecular weight excluding hydrogens is 469 g/mol. The minimum atomic E-state index is -0.622. The van der Waals surface area contributed by atoms with Crippen molar-refractivity contribution in [2.45, 2.75) is 50.6 Å². The maximum absolute atomic E-state index is 14.3. The van der Waals surface area contributed by atoms with Gasteiger partial charge in [0.05, 0.1) is 11.1 Å². The van der Waals surface area contributed by atoms with E-state index in [9.17, 15) is 22.8 Å². The van der Waals surface area contributed by atoms with E-state index in [4.69, 9.17) is 16.3 Å². The molecule has 2 aliphatic rings. The molecule has 2 aromatic rings. The Morgan fingerprint density at radius 1 is 1.00 bits per heavy atom. The largest absolute Gasteiger partial charge is 0.484 e. The zero-order valence-electron chi connectivity index (χ0n) is 18.5. The number of halogens is 4. The molecule has 1 aliphatic heterocycles. The van der Waals surface area contributed by atoms with E-state index in [1.54, 1.807) is 4.90 Å². The van der Waals surface area contributed by atoms with Crippen LogP contribution in [0.2, 0.25) is 5.02 Å². The van der Waals surface area contributed by atoms with Crippen LogP contribution >= 0.6 is 11.6 Å². The van der Waals surface area contributed by atoms with Gasteiger partial charge in [-0.15, -0.1) is 0 Å². The molecule has 0 unspecified atom stereocenters. The first-order chi connectivity index (χ1) is 16.3. The standard InChI is InChI=1S/C25H26ClF3N2O3/c26-20-9-8-18(13-22(20)29)34-14-24(32)30-17-6-3-15(4-7-17)25(33)31-11-1-2-23(31)19-12-16(27)5-10-21(19)28/h5,8-10,12-13,15,17,23H,1-4,6-7,11,14H2,(H,30,32)/t15?,17?,23-/m1/s1. The molecule has 0 aromatic heterocycles. The summed E-state index contributed by atoms with van der Waals surface area (Å²) in [6, 6.07) is 6.78. The number of nitrogens with zero attached hydrogens (tertiary/aromatic N) is 1. The van der Waals surface area contributed by atoms with Gasteiger partial charge < -0.3 is 15.0 Å². The summed E-state index contributed by atoms with van der Waals surface area (Å²) in [5.74, 6) is -2.00. The Labute approximate surface area is 201 Å². The Morgan fingerprint density at radius 2 is 1.76 bits per heavy atom. The summed E-state index contributed by atoms with van der Waals surface area (Å²) in [5.41, 5.74) is 0.229. The van der Waals surface area contributed by atoms with Crippen molar-refractivity contribution in [3.8, 4) is 5.75 Å². The van der Waals surface area contributed by atoms with Crippen molar-refractivity contribution in [3.63, 3.8) is 0 Å². The molecule has 0 bridgehead atoms. The second kappa shape index (κ2) is 10.7. The number of likely N-dealkylation sites (tertiary alicyclic amines) is 1. The lowest BCUT2D eigenvalue weighted by atomic mass is 9.84. The summed E-state index contributed by atoms with van der Waals surface area (Å²) < 4.78 is 46.8. The highest BCUT2D eigenvalue weighted by Gasteiger charge is 2.37. The van der Waals surface area contributed by atoms with Gasteiger partial charge >= 0.3 is 0 Å². The SMILES string of the molecule is O=C(COc1ccc(Cl)c(F)c1)NC1CCC(C(=O)N2CCC[C@@H]2c2cc(F)ccc2F)CC1. The normalized spacial score (nSPS) is 22.5. The number of ether oxygens (including phenoxy) is 1. The molecule has 2 aromatic carbocycles. The van der Waals surface area contributed by atoms with Crippen LogP contribution in [0.15, 0.2) is 36.4 Å². The molecule has 0 radical (unpaired) electrons. The van der Waals surface area contributed by atoms with Crippen molar-refractivity contribution in [1.82, 2.24) is 10.2 Å². The third-order valence-corrected chi connectivity index (χ3v) is 6.86. The topological polar surface area (TPSA) is 58.6 Å². The molecule has 4 rings (SSSR count). The van der Waals surface area contributed by atoms with Crippen LogP contribution in [-0.4, -0.2) is 35.9 Å². The van der Waals surface area contributed by atoms with Crippen LogP contribution in [-0.2, 0) is 9.59 Å². The average molecular weight is 495 g/mol. The Bertz CT molecular complexity index is 1060. The maximum atomic E-state index is 14.3. The highest BCUT2D eigenvalue weighted by atomic mass is 35.5. The Hall–Kier alpha value is -2.74. The van der Waals surface area contributed by atoms with E-state index in [0.717, 1.165) is 24.6 Å². The molecule has 1 saturated carbocycles. The van der Waals surface area contributed by atoms with Crippen molar-refractivity contribution < 1.29 is 27.5 Å². The minimum Gasteiger partial charge on any atom is -0.484 e. The molecule has 2 amide bonds. The molecule has 5 nitrogen and oxygen atoms in total. The van der Waals surface area contributed by atoms with E-state index in [2.05, 4.69) is 5.32 Å². The quantitative estimate of drug-likeness (QED) is 0.602. The number of carbonyl (C=O) groups is 2. The van der Waals surface area contributed by atoms with E-state index in [0.29, 0.717) is 38.6 Å². The first-order valence-corrected chi connectivity index (χ1v) is 11.8. The molecule has 1 heterocycles. The highest BCUT2D eigenvalue weighted by molar-refractivity contribution is 6.30. The van der Waals surface area contributed by atoms with Gasteiger partial charge in [-0.1, -0.05) is 11.6 Å². The van der Waals surface area contributed by atoms with Crippen LogP contribution < -0.4 is 10.1 Å². The third-order valence-electron chi connectivity index (χ3n) is 6.56. The summed E-state index contributed by atoms with van der Waals surface area (Å²) in [5, 5.41) is 2.87. The Balaban J connectivity index is 1.26. The molecule has 182 valence electrons. The molecule has 1 N–H and O–H groups in total. The zero-order valence-corrected chi connectivity index (χ0v) is 19.3. The van der Waals surface area contributed by atoms with Gasteiger partial charge in [0, 0.05) is 30.1 Å². The summed E-state index contributed by atoms with van der Waals surface area (Å²) in [4.78, 5) is 27.1. The lowest BCUT2D eigenvalue weighted by Crippen LogP contribution is -2.43. The first kappa shape index (κ1) is 24.4. The van der Waals surface area contributed by atoms with Crippen molar-refractivity contribution >= 4 is 23.4 Å². The number of carbonyl (C=O) groups excluding carboxylic acids is 2. The molecule has 1 atom stereocenters. The number of nitrogens with one attached hydrogen (secondary N) is 1. The minimum absolute atomic E-state index is 0.0237. The number of hydrogen-bond donors (Lipinski definition) is 1. The van der Waals surface area contributed by atoms with Crippen LogP contribution in [0.5, 0.6) is 5.75 Å². The molecule has 34 heavy (non-hydrogen) atoms. The van der Waals surface area contributed by atoms with Crippen LogP contribution in [0.3, 0.4) is 0 Å². The molecule has 2 fully saturated rings. The van der Waals surface area contributed by atoms with Crippen molar-refractivity contribution in [2.24, 2.45) is 5.92 Å². The van der Waals surface area contributed by atoms with E-state index < -0.39 is 23.5 Å². The number of amides is 2. The van der Waals surface area contributed by atoms with E-state index in [1.807, 2.05) is 0 Å². The van der Waals surface area contributed by atoms with Crippen molar-refractivity contribution in [1.29, 1.82) is 0 Å². The van der Waals surface area contributed by atoms with Crippen LogP contribution in [0.4, 0.5) is 13.2 Å². The number of rotatable bonds is 6. The van der Waals surface area contributed by atoms with Gasteiger partial charge in [0.2, 0.25) is 5.91 Å². The predicted molar refractivity (Wildman–Crippen MR) is 121 cm³/mol. The van der Waals surface area contributed by atoms with Crippen LogP contribution in [0, 0.1) is 23.4 Å². The van der Waals surface area contributed by atoms with Gasteiger partial charge in [0.1, 0.15) is 23.2 Å². The predicted octanol–water partition coefficient (Wildman–Crippen LogP) is 5.17. The van der Waals surface area contributed by atoms with Gasteiger partial charge in [-0.2, -0.15) is 0 Å². The van der Waals surface area contributed by atoms with Gasteiger partial charge in [-0.3, -0.25) is 9.59 Å². The molecule has 9 heteroatoms. The summed E-state index contributed by atoms with van der Waals surface area (Å²) in [6.07, 6.45) is 3.81. The van der Waals surface area contributed by atoms with Crippen molar-refractivity contribution in [3.05, 3.63) is 64.4 Å². The summed E-state index contributed by atoms with van der Waals surface area (Å²) in [6.45, 7) is 0.271. The number of benzene rings is 2. The fourth-order valence-corrected chi connectivity index (χ4v) is 4.95. The smallest absolute Gasteiger partial charge is 0.258 e. The van der Waals surface area contributed by atoms with Gasteiger partial charge in [0.25, 0.3) is 5.91 Å². The Kier molecular flexibility index (Phi) is 7.66. The molecular formula is C25H26ClF3N2O3. The summed E-state index contributed by atoms with van der Waals surface area (Å²) in [7, 11) is 0. The van der Waals surface area contributed by atoms with Gasteiger partial charge in [-0.05, 0) is 68.9 Å².